The summed E-state index contributed by atoms with van der Waals surface area (Å²) in [6.07, 6.45) is 1.68. The third kappa shape index (κ3) is 4.55. The van der Waals surface area contributed by atoms with Crippen molar-refractivity contribution in [3.05, 3.63) is 74.6 Å². The number of hydrogen-bond donors (Lipinski definition) is 0. The molecule has 0 bridgehead atoms. The molecule has 0 aliphatic rings. The Morgan fingerprint density at radius 2 is 1.71 bits per heavy atom. The van der Waals surface area contributed by atoms with E-state index in [-0.39, 0.29) is 5.75 Å². The van der Waals surface area contributed by atoms with Gasteiger partial charge in [0, 0.05) is 9.88 Å². The summed E-state index contributed by atoms with van der Waals surface area (Å²) in [5, 5.41) is 1.30. The summed E-state index contributed by atoms with van der Waals surface area (Å²) in [6.45, 7) is 4.01. The van der Waals surface area contributed by atoms with E-state index in [1.165, 1.54) is 5.41 Å². The largest absolute Gasteiger partial charge is 0.224 e. The van der Waals surface area contributed by atoms with Crippen LogP contribution in [0.5, 0.6) is 0 Å². The highest BCUT2D eigenvalue weighted by Gasteiger charge is 2.08. The van der Waals surface area contributed by atoms with Gasteiger partial charge in [0.05, 0.1) is 5.75 Å². The molecule has 110 valence electrons. The first-order valence-electron chi connectivity index (χ1n) is 6.59. The zero-order chi connectivity index (χ0) is 15.5. The summed E-state index contributed by atoms with van der Waals surface area (Å²) < 4.78 is 25.3. The monoisotopic (exact) mass is 364 g/mol. The van der Waals surface area contributed by atoms with Gasteiger partial charge < -0.3 is 0 Å². The van der Waals surface area contributed by atoms with Crippen molar-refractivity contribution >= 4 is 31.8 Å². The zero-order valence-electron chi connectivity index (χ0n) is 12.0. The number of aryl methyl sites for hydroxylation is 1. The highest BCUT2D eigenvalue weighted by atomic mass is 79.9. The number of benzene rings is 2. The van der Waals surface area contributed by atoms with Crippen molar-refractivity contribution in [3.63, 3.8) is 0 Å². The van der Waals surface area contributed by atoms with Crippen molar-refractivity contribution in [3.8, 4) is 0 Å². The molecule has 0 radical (unpaired) electrons. The zero-order valence-corrected chi connectivity index (χ0v) is 14.4. The Kier molecular flexibility index (Phi) is 5.01. The molecule has 0 saturated heterocycles. The fourth-order valence-corrected chi connectivity index (χ4v) is 3.36. The van der Waals surface area contributed by atoms with Gasteiger partial charge in [-0.2, -0.15) is 0 Å². The minimum atomic E-state index is -3.27. The molecule has 2 aromatic carbocycles. The standard InChI is InChI=1S/C17H17BrO2S/c1-13-4-3-5-16(14(13)2)10-11-21(19,20)12-15-6-8-17(18)9-7-15/h3-11H,12H2,1-2H3/b11-10-. The molecule has 0 unspecified atom stereocenters. The van der Waals surface area contributed by atoms with E-state index < -0.39 is 9.84 Å². The molecule has 0 aromatic heterocycles. The fraction of sp³-hybridized carbons (Fsp3) is 0.176. The molecule has 2 aromatic rings. The van der Waals surface area contributed by atoms with Crippen molar-refractivity contribution in [1.82, 2.24) is 0 Å². The molecule has 0 saturated carbocycles. The summed E-state index contributed by atoms with van der Waals surface area (Å²) >= 11 is 3.34. The van der Waals surface area contributed by atoms with Crippen molar-refractivity contribution < 1.29 is 8.42 Å². The quantitative estimate of drug-likeness (QED) is 0.790. The lowest BCUT2D eigenvalue weighted by molar-refractivity contribution is 0.604. The molecular weight excluding hydrogens is 348 g/mol. The van der Waals surface area contributed by atoms with Gasteiger partial charge in [0.2, 0.25) is 0 Å². The normalized spacial score (nSPS) is 12.0. The van der Waals surface area contributed by atoms with Crippen LogP contribution in [-0.4, -0.2) is 8.42 Å². The lowest BCUT2D eigenvalue weighted by Crippen LogP contribution is -2.00. The van der Waals surface area contributed by atoms with E-state index in [0.717, 1.165) is 26.7 Å². The van der Waals surface area contributed by atoms with Gasteiger partial charge in [-0.3, -0.25) is 0 Å². The molecular formula is C17H17BrO2S. The molecule has 0 spiro atoms. The first-order chi connectivity index (χ1) is 9.87. The van der Waals surface area contributed by atoms with Gasteiger partial charge >= 0.3 is 0 Å². The predicted molar refractivity (Wildman–Crippen MR) is 91.7 cm³/mol. The fourth-order valence-electron chi connectivity index (χ4n) is 1.99. The number of rotatable bonds is 4. The minimum absolute atomic E-state index is 0.0155. The van der Waals surface area contributed by atoms with Crippen molar-refractivity contribution in [2.24, 2.45) is 0 Å². The van der Waals surface area contributed by atoms with Gasteiger partial charge in [-0.05, 0) is 54.3 Å². The second kappa shape index (κ2) is 6.58. The van der Waals surface area contributed by atoms with E-state index in [2.05, 4.69) is 15.9 Å². The average molecular weight is 365 g/mol. The van der Waals surface area contributed by atoms with Gasteiger partial charge in [-0.25, -0.2) is 8.42 Å². The maximum atomic E-state index is 12.2. The molecule has 4 heteroatoms. The molecule has 2 nitrogen and oxygen atoms in total. The third-order valence-corrected chi connectivity index (χ3v) is 5.20. The smallest absolute Gasteiger partial charge is 0.175 e. The Hall–Kier alpha value is -1.39. The van der Waals surface area contributed by atoms with Crippen LogP contribution in [0.15, 0.2) is 52.3 Å². The Balaban J connectivity index is 2.19. The molecule has 0 heterocycles. The second-order valence-electron chi connectivity index (χ2n) is 5.03. The van der Waals surface area contributed by atoms with Crippen LogP contribution in [-0.2, 0) is 15.6 Å². The van der Waals surface area contributed by atoms with Crippen LogP contribution in [0.2, 0.25) is 0 Å². The molecule has 0 aliphatic heterocycles. The molecule has 2 rings (SSSR count). The minimum Gasteiger partial charge on any atom is -0.224 e. The Labute approximate surface area is 134 Å². The van der Waals surface area contributed by atoms with Gasteiger partial charge in [0.1, 0.15) is 0 Å². The van der Waals surface area contributed by atoms with Crippen molar-refractivity contribution in [1.29, 1.82) is 0 Å². The lowest BCUT2D eigenvalue weighted by atomic mass is 10.0. The van der Waals surface area contributed by atoms with Crippen LogP contribution in [0.1, 0.15) is 22.3 Å². The number of halogens is 1. The highest BCUT2D eigenvalue weighted by Crippen LogP contribution is 2.17. The Morgan fingerprint density at radius 3 is 2.38 bits per heavy atom. The first kappa shape index (κ1) is 16.0. The van der Waals surface area contributed by atoms with E-state index in [0.29, 0.717) is 0 Å². The summed E-state index contributed by atoms with van der Waals surface area (Å²) in [6, 6.07) is 13.2. The summed E-state index contributed by atoms with van der Waals surface area (Å²) in [5.41, 5.74) is 3.98. The van der Waals surface area contributed by atoms with E-state index in [4.69, 9.17) is 0 Å². The van der Waals surface area contributed by atoms with Crippen LogP contribution in [0.3, 0.4) is 0 Å². The van der Waals surface area contributed by atoms with Crippen LogP contribution in [0, 0.1) is 13.8 Å². The van der Waals surface area contributed by atoms with Crippen LogP contribution in [0.25, 0.3) is 6.08 Å². The van der Waals surface area contributed by atoms with Crippen molar-refractivity contribution in [2.45, 2.75) is 19.6 Å². The first-order valence-corrected chi connectivity index (χ1v) is 9.10. The lowest BCUT2D eigenvalue weighted by Gasteiger charge is -2.04. The van der Waals surface area contributed by atoms with E-state index in [1.54, 1.807) is 6.08 Å². The second-order valence-corrected chi connectivity index (χ2v) is 7.83. The Bertz CT molecular complexity index is 760. The van der Waals surface area contributed by atoms with Gasteiger partial charge in [-0.15, -0.1) is 0 Å². The molecule has 0 atom stereocenters. The molecule has 0 fully saturated rings. The van der Waals surface area contributed by atoms with Gasteiger partial charge in [-0.1, -0.05) is 46.3 Å². The van der Waals surface area contributed by atoms with Crippen LogP contribution in [0.4, 0.5) is 0 Å². The van der Waals surface area contributed by atoms with E-state index in [9.17, 15) is 8.42 Å². The topological polar surface area (TPSA) is 34.1 Å². The molecule has 21 heavy (non-hydrogen) atoms. The maximum absolute atomic E-state index is 12.2. The van der Waals surface area contributed by atoms with Crippen LogP contribution >= 0.6 is 15.9 Å². The van der Waals surface area contributed by atoms with Crippen LogP contribution < -0.4 is 0 Å². The summed E-state index contributed by atoms with van der Waals surface area (Å²) in [7, 11) is -3.27. The van der Waals surface area contributed by atoms with Crippen molar-refractivity contribution in [2.75, 3.05) is 0 Å². The molecule has 0 amide bonds. The number of hydrogen-bond acceptors (Lipinski definition) is 2. The Morgan fingerprint density at radius 1 is 1.05 bits per heavy atom. The predicted octanol–water partition coefficient (Wildman–Crippen LogP) is 4.65. The molecule has 0 N–H and O–H groups in total. The van der Waals surface area contributed by atoms with Gasteiger partial charge in [0.25, 0.3) is 0 Å². The SMILES string of the molecule is Cc1cccc(/C=C\S(=O)(=O)Cc2ccc(Br)cc2)c1C. The average Bonchev–Trinajstić information content (AvgIpc) is 2.43. The van der Waals surface area contributed by atoms with Gasteiger partial charge in [0.15, 0.2) is 9.84 Å². The highest BCUT2D eigenvalue weighted by molar-refractivity contribution is 9.10. The summed E-state index contributed by atoms with van der Waals surface area (Å²) in [4.78, 5) is 0. The molecule has 0 aliphatic carbocycles. The van der Waals surface area contributed by atoms with E-state index in [1.807, 2.05) is 56.3 Å². The maximum Gasteiger partial charge on any atom is 0.175 e. The van der Waals surface area contributed by atoms with E-state index >= 15 is 0 Å². The third-order valence-electron chi connectivity index (χ3n) is 3.38. The summed E-state index contributed by atoms with van der Waals surface area (Å²) in [5.74, 6) is 0.0155. The number of sulfone groups is 1.